The number of hydrogen-bond donors (Lipinski definition) is 1. The van der Waals surface area contributed by atoms with Gasteiger partial charge in [0, 0.05) is 15.4 Å². The number of hydrogen-bond acceptors (Lipinski definition) is 1. The third kappa shape index (κ3) is 1.30. The topological polar surface area (TPSA) is 15.8 Å². The van der Waals surface area contributed by atoms with E-state index in [0.717, 1.165) is 4.47 Å². The smallest absolute Gasteiger partial charge is 0.0765 e. The summed E-state index contributed by atoms with van der Waals surface area (Å²) in [5, 5.41) is 2.78. The molecule has 0 saturated heterocycles. The number of aromatic amines is 1. The van der Waals surface area contributed by atoms with E-state index in [1.165, 1.54) is 40.1 Å². The van der Waals surface area contributed by atoms with E-state index in [-0.39, 0.29) is 0 Å². The highest BCUT2D eigenvalue weighted by molar-refractivity contribution is 9.10. The summed E-state index contributed by atoms with van der Waals surface area (Å²) in [4.78, 5) is 3.49. The first-order valence-corrected chi connectivity index (χ1v) is 6.55. The molecule has 2 aromatic rings. The molecule has 3 heteroatoms. The van der Waals surface area contributed by atoms with Gasteiger partial charge in [0.15, 0.2) is 0 Å². The van der Waals surface area contributed by atoms with Gasteiger partial charge in [-0.25, -0.2) is 0 Å². The molecule has 0 amide bonds. The van der Waals surface area contributed by atoms with Crippen LogP contribution in [0.25, 0.3) is 10.9 Å². The Morgan fingerprint density at radius 3 is 3.21 bits per heavy atom. The number of rotatable bonds is 0. The molecule has 72 valence electrons. The van der Waals surface area contributed by atoms with Gasteiger partial charge in [-0.2, -0.15) is 0 Å². The van der Waals surface area contributed by atoms with Crippen molar-refractivity contribution in [2.24, 2.45) is 0 Å². The monoisotopic (exact) mass is 267 g/mol. The Morgan fingerprint density at radius 1 is 1.36 bits per heavy atom. The van der Waals surface area contributed by atoms with Crippen LogP contribution in [-0.2, 0) is 6.42 Å². The Morgan fingerprint density at radius 2 is 2.29 bits per heavy atom. The summed E-state index contributed by atoms with van der Waals surface area (Å²) in [7, 11) is 0. The van der Waals surface area contributed by atoms with E-state index < -0.39 is 0 Å². The molecule has 0 fully saturated rings. The lowest BCUT2D eigenvalue weighted by atomic mass is 10.1. The summed E-state index contributed by atoms with van der Waals surface area (Å²) in [5.74, 6) is 1.25. The fraction of sp³-hybridized carbons (Fsp3) is 0.273. The number of fused-ring (bicyclic) bond motifs is 3. The standard InChI is InChI=1S/C11H10BrNS/c12-7-3-4-8-9-2-1-5-14-11(9)13-10(8)6-7/h3-4,6,13H,1-2,5H2. The third-order valence-electron chi connectivity index (χ3n) is 2.65. The highest BCUT2D eigenvalue weighted by Crippen LogP contribution is 2.35. The first kappa shape index (κ1) is 8.86. The third-order valence-corrected chi connectivity index (χ3v) is 4.27. The van der Waals surface area contributed by atoms with Crippen LogP contribution in [0.3, 0.4) is 0 Å². The van der Waals surface area contributed by atoms with Crippen molar-refractivity contribution in [3.63, 3.8) is 0 Å². The van der Waals surface area contributed by atoms with Gasteiger partial charge in [-0.1, -0.05) is 22.0 Å². The second-order valence-electron chi connectivity index (χ2n) is 3.57. The molecular weight excluding hydrogens is 258 g/mol. The number of nitrogens with one attached hydrogen (secondary N) is 1. The predicted molar refractivity (Wildman–Crippen MR) is 65.0 cm³/mol. The average Bonchev–Trinajstić information content (AvgIpc) is 2.54. The zero-order valence-corrected chi connectivity index (χ0v) is 10.0. The van der Waals surface area contributed by atoms with E-state index in [1.807, 2.05) is 11.8 Å². The minimum absolute atomic E-state index is 1.15. The molecule has 0 unspecified atom stereocenters. The van der Waals surface area contributed by atoms with E-state index in [1.54, 1.807) is 0 Å². The molecule has 2 heterocycles. The molecule has 1 N–H and O–H groups in total. The number of thioether (sulfide) groups is 1. The lowest BCUT2D eigenvalue weighted by molar-refractivity contribution is 0.887. The van der Waals surface area contributed by atoms with Gasteiger partial charge in [0.2, 0.25) is 0 Å². The number of aryl methyl sites for hydroxylation is 1. The molecule has 0 saturated carbocycles. The van der Waals surface area contributed by atoms with Gasteiger partial charge in [0.25, 0.3) is 0 Å². The maximum atomic E-state index is 3.50. The normalized spacial score (nSPS) is 15.8. The molecule has 0 atom stereocenters. The van der Waals surface area contributed by atoms with Crippen molar-refractivity contribution in [2.75, 3.05) is 5.75 Å². The van der Waals surface area contributed by atoms with E-state index in [2.05, 4.69) is 39.1 Å². The van der Waals surface area contributed by atoms with Crippen molar-refractivity contribution in [1.29, 1.82) is 0 Å². The summed E-state index contributed by atoms with van der Waals surface area (Å²) >= 11 is 5.45. The van der Waals surface area contributed by atoms with E-state index in [9.17, 15) is 0 Å². The van der Waals surface area contributed by atoms with Crippen LogP contribution in [0.2, 0.25) is 0 Å². The molecule has 0 bridgehead atoms. The summed E-state index contributed by atoms with van der Waals surface area (Å²) in [6, 6.07) is 6.49. The molecule has 0 spiro atoms. The Labute approximate surface area is 95.4 Å². The lowest BCUT2D eigenvalue weighted by Gasteiger charge is -2.09. The number of aromatic nitrogens is 1. The van der Waals surface area contributed by atoms with Crippen LogP contribution in [0, 0.1) is 0 Å². The fourth-order valence-electron chi connectivity index (χ4n) is 2.00. The Bertz CT molecular complexity index is 489. The van der Waals surface area contributed by atoms with E-state index >= 15 is 0 Å². The van der Waals surface area contributed by atoms with Gasteiger partial charge >= 0.3 is 0 Å². The van der Waals surface area contributed by atoms with Crippen molar-refractivity contribution in [3.05, 3.63) is 28.2 Å². The molecule has 3 rings (SSSR count). The summed E-state index contributed by atoms with van der Waals surface area (Å²) in [5.41, 5.74) is 2.78. The van der Waals surface area contributed by atoms with Crippen molar-refractivity contribution in [1.82, 2.24) is 4.98 Å². The molecule has 0 aliphatic carbocycles. The highest BCUT2D eigenvalue weighted by atomic mass is 79.9. The van der Waals surface area contributed by atoms with Crippen LogP contribution in [0.5, 0.6) is 0 Å². The number of H-pyrrole nitrogens is 1. The minimum atomic E-state index is 1.15. The minimum Gasteiger partial charge on any atom is -0.349 e. The Hall–Kier alpha value is -0.410. The van der Waals surface area contributed by atoms with Crippen molar-refractivity contribution < 1.29 is 0 Å². The van der Waals surface area contributed by atoms with Gasteiger partial charge in [0.05, 0.1) is 5.03 Å². The largest absolute Gasteiger partial charge is 0.349 e. The fourth-order valence-corrected chi connectivity index (χ4v) is 3.42. The van der Waals surface area contributed by atoms with Crippen LogP contribution >= 0.6 is 27.7 Å². The molecule has 1 aliphatic heterocycles. The number of benzene rings is 1. The van der Waals surface area contributed by atoms with Gasteiger partial charge in [0.1, 0.15) is 0 Å². The van der Waals surface area contributed by atoms with Crippen molar-refractivity contribution in [3.8, 4) is 0 Å². The highest BCUT2D eigenvalue weighted by Gasteiger charge is 2.15. The molecule has 1 aliphatic rings. The summed E-state index contributed by atoms with van der Waals surface area (Å²) in [6.45, 7) is 0. The first-order chi connectivity index (χ1) is 6.84. The summed E-state index contributed by atoms with van der Waals surface area (Å²) in [6.07, 6.45) is 2.53. The zero-order chi connectivity index (χ0) is 9.54. The second-order valence-corrected chi connectivity index (χ2v) is 5.60. The van der Waals surface area contributed by atoms with Gasteiger partial charge < -0.3 is 4.98 Å². The molecular formula is C11H10BrNS. The molecule has 1 aromatic heterocycles. The number of halogens is 1. The van der Waals surface area contributed by atoms with Gasteiger partial charge in [-0.15, -0.1) is 11.8 Å². The van der Waals surface area contributed by atoms with Gasteiger partial charge in [-0.05, 0) is 36.3 Å². The second kappa shape index (κ2) is 3.31. The SMILES string of the molecule is Brc1ccc2c3c([nH]c2c1)SCCC3. The molecule has 0 radical (unpaired) electrons. The van der Waals surface area contributed by atoms with Crippen molar-refractivity contribution in [2.45, 2.75) is 17.9 Å². The van der Waals surface area contributed by atoms with Crippen LogP contribution in [-0.4, -0.2) is 10.7 Å². The Kier molecular flexibility index (Phi) is 2.10. The van der Waals surface area contributed by atoms with Gasteiger partial charge in [-0.3, -0.25) is 0 Å². The molecule has 1 aromatic carbocycles. The van der Waals surface area contributed by atoms with Crippen LogP contribution < -0.4 is 0 Å². The van der Waals surface area contributed by atoms with Crippen LogP contribution in [0.1, 0.15) is 12.0 Å². The zero-order valence-electron chi connectivity index (χ0n) is 7.64. The summed E-state index contributed by atoms with van der Waals surface area (Å²) < 4.78 is 1.15. The first-order valence-electron chi connectivity index (χ1n) is 4.77. The molecule has 14 heavy (non-hydrogen) atoms. The van der Waals surface area contributed by atoms with Crippen molar-refractivity contribution >= 4 is 38.6 Å². The molecule has 1 nitrogen and oxygen atoms in total. The maximum absolute atomic E-state index is 3.50. The lowest BCUT2D eigenvalue weighted by Crippen LogP contribution is -1.95. The average molecular weight is 268 g/mol. The maximum Gasteiger partial charge on any atom is 0.0765 e. The van der Waals surface area contributed by atoms with Crippen LogP contribution in [0.4, 0.5) is 0 Å². The van der Waals surface area contributed by atoms with E-state index in [4.69, 9.17) is 0 Å². The van der Waals surface area contributed by atoms with E-state index in [0.29, 0.717) is 0 Å². The quantitative estimate of drug-likeness (QED) is 0.764. The Balaban J connectivity index is 2.31. The predicted octanol–water partition coefficient (Wildman–Crippen LogP) is 3.97. The van der Waals surface area contributed by atoms with Crippen LogP contribution in [0.15, 0.2) is 27.7 Å².